The molecule has 0 atom stereocenters. The summed E-state index contributed by atoms with van der Waals surface area (Å²) < 4.78 is 11.5. The fraction of sp³-hybridized carbons (Fsp3) is 0.714. The van der Waals surface area contributed by atoms with E-state index >= 15 is 0 Å². The van der Waals surface area contributed by atoms with Crippen molar-refractivity contribution < 1.29 is 19.2 Å². The first-order valence-corrected chi connectivity index (χ1v) is 7.93. The SMILES string of the molecule is COc1nn(CCC(=O)NCCCN2CCOCC2)cc1[N+](=O)[O-]. The molecule has 2 heterocycles. The number of hydrogen-bond donors (Lipinski definition) is 1. The van der Waals surface area contributed by atoms with Gasteiger partial charge in [0.25, 0.3) is 0 Å². The van der Waals surface area contributed by atoms with Crippen molar-refractivity contribution in [2.75, 3.05) is 46.5 Å². The average Bonchev–Trinajstić information content (AvgIpc) is 3.01. The number of hydrogen-bond acceptors (Lipinski definition) is 7. The summed E-state index contributed by atoms with van der Waals surface area (Å²) in [6.45, 7) is 5.23. The second kappa shape index (κ2) is 9.18. The molecule has 0 unspecified atom stereocenters. The van der Waals surface area contributed by atoms with E-state index in [1.54, 1.807) is 0 Å². The van der Waals surface area contributed by atoms with Crippen LogP contribution >= 0.6 is 0 Å². The van der Waals surface area contributed by atoms with E-state index in [0.717, 1.165) is 39.3 Å². The molecule has 134 valence electrons. The molecule has 1 aromatic heterocycles. The highest BCUT2D eigenvalue weighted by atomic mass is 16.6. The maximum atomic E-state index is 11.8. The molecule has 10 heteroatoms. The average molecular weight is 341 g/mol. The molecule has 1 saturated heterocycles. The van der Waals surface area contributed by atoms with Gasteiger partial charge in [-0.15, -0.1) is 5.10 Å². The lowest BCUT2D eigenvalue weighted by Gasteiger charge is -2.26. The highest BCUT2D eigenvalue weighted by Gasteiger charge is 2.20. The number of rotatable bonds is 9. The number of nitrogens with zero attached hydrogens (tertiary/aromatic N) is 4. The molecule has 0 radical (unpaired) electrons. The van der Waals surface area contributed by atoms with Gasteiger partial charge in [-0.3, -0.25) is 24.5 Å². The van der Waals surface area contributed by atoms with Crippen LogP contribution in [0.2, 0.25) is 0 Å². The van der Waals surface area contributed by atoms with Gasteiger partial charge in [-0.2, -0.15) is 0 Å². The zero-order valence-corrected chi connectivity index (χ0v) is 13.8. The summed E-state index contributed by atoms with van der Waals surface area (Å²) in [5, 5.41) is 17.6. The van der Waals surface area contributed by atoms with Crippen molar-refractivity contribution in [3.8, 4) is 5.88 Å². The third kappa shape index (κ3) is 5.46. The zero-order chi connectivity index (χ0) is 17.4. The van der Waals surface area contributed by atoms with Crippen molar-refractivity contribution in [1.29, 1.82) is 0 Å². The molecule has 2 rings (SSSR count). The van der Waals surface area contributed by atoms with E-state index in [1.165, 1.54) is 18.0 Å². The summed E-state index contributed by atoms with van der Waals surface area (Å²) in [4.78, 5) is 24.4. The number of amides is 1. The number of methoxy groups -OCH3 is 1. The lowest BCUT2D eigenvalue weighted by molar-refractivity contribution is -0.385. The highest BCUT2D eigenvalue weighted by molar-refractivity contribution is 5.75. The van der Waals surface area contributed by atoms with Crippen molar-refractivity contribution in [3.63, 3.8) is 0 Å². The molecule has 1 aliphatic heterocycles. The molecule has 24 heavy (non-hydrogen) atoms. The van der Waals surface area contributed by atoms with E-state index < -0.39 is 4.92 Å². The smallest absolute Gasteiger partial charge is 0.350 e. The quantitative estimate of drug-likeness (QED) is 0.383. The Morgan fingerprint density at radius 3 is 2.83 bits per heavy atom. The lowest BCUT2D eigenvalue weighted by Crippen LogP contribution is -2.38. The molecule has 1 amide bonds. The van der Waals surface area contributed by atoms with Crippen molar-refractivity contribution in [1.82, 2.24) is 20.0 Å². The normalized spacial score (nSPS) is 15.2. The van der Waals surface area contributed by atoms with E-state index in [9.17, 15) is 14.9 Å². The molecule has 10 nitrogen and oxygen atoms in total. The zero-order valence-electron chi connectivity index (χ0n) is 13.8. The highest BCUT2D eigenvalue weighted by Crippen LogP contribution is 2.23. The summed E-state index contributed by atoms with van der Waals surface area (Å²) in [6.07, 6.45) is 2.36. The summed E-state index contributed by atoms with van der Waals surface area (Å²) in [5.74, 6) is -0.153. The van der Waals surface area contributed by atoms with Crippen molar-refractivity contribution in [2.24, 2.45) is 0 Å². The molecule has 1 aliphatic rings. The molecule has 1 fully saturated rings. The lowest BCUT2D eigenvalue weighted by atomic mass is 10.3. The Morgan fingerprint density at radius 1 is 1.46 bits per heavy atom. The molecule has 0 spiro atoms. The van der Waals surface area contributed by atoms with Gasteiger partial charge in [-0.1, -0.05) is 0 Å². The first-order chi connectivity index (χ1) is 11.6. The third-order valence-corrected chi connectivity index (χ3v) is 3.74. The molecule has 0 aliphatic carbocycles. The Bertz CT molecular complexity index is 556. The van der Waals surface area contributed by atoms with Crippen LogP contribution in [0.25, 0.3) is 0 Å². The van der Waals surface area contributed by atoms with E-state index in [1.807, 2.05) is 0 Å². The van der Waals surface area contributed by atoms with Crippen LogP contribution in [0.15, 0.2) is 6.20 Å². The molecular weight excluding hydrogens is 318 g/mol. The minimum absolute atomic E-state index is 0.0501. The number of carbonyl (C=O) groups excluding carboxylic acids is 1. The largest absolute Gasteiger partial charge is 0.475 e. The number of aromatic nitrogens is 2. The van der Waals surface area contributed by atoms with Crippen LogP contribution < -0.4 is 10.1 Å². The van der Waals surface area contributed by atoms with Gasteiger partial charge in [-0.05, 0) is 13.0 Å². The first-order valence-electron chi connectivity index (χ1n) is 7.93. The van der Waals surface area contributed by atoms with Crippen molar-refractivity contribution in [3.05, 3.63) is 16.3 Å². The maximum absolute atomic E-state index is 11.8. The van der Waals surface area contributed by atoms with E-state index in [2.05, 4.69) is 15.3 Å². The first kappa shape index (κ1) is 18.1. The molecular formula is C14H23N5O5. The van der Waals surface area contributed by atoms with Crippen LogP contribution in [0.4, 0.5) is 5.69 Å². The van der Waals surface area contributed by atoms with Gasteiger partial charge in [0.1, 0.15) is 6.20 Å². The molecule has 1 aromatic rings. The third-order valence-electron chi connectivity index (χ3n) is 3.74. The van der Waals surface area contributed by atoms with Gasteiger partial charge in [0.2, 0.25) is 5.91 Å². The fourth-order valence-electron chi connectivity index (χ4n) is 2.44. The predicted octanol–water partition coefficient (Wildman–Crippen LogP) is 0.0285. The van der Waals surface area contributed by atoms with Gasteiger partial charge in [0, 0.05) is 26.1 Å². The van der Waals surface area contributed by atoms with E-state index in [0.29, 0.717) is 6.54 Å². The topological polar surface area (TPSA) is 112 Å². The van der Waals surface area contributed by atoms with Gasteiger partial charge in [0.15, 0.2) is 0 Å². The molecule has 0 bridgehead atoms. The second-order valence-corrected chi connectivity index (χ2v) is 5.45. The molecule has 0 saturated carbocycles. The summed E-state index contributed by atoms with van der Waals surface area (Å²) >= 11 is 0. The number of nitrogens with one attached hydrogen (secondary N) is 1. The fourth-order valence-corrected chi connectivity index (χ4v) is 2.44. The van der Waals surface area contributed by atoms with Crippen molar-refractivity contribution >= 4 is 11.6 Å². The monoisotopic (exact) mass is 341 g/mol. The van der Waals surface area contributed by atoms with Crippen LogP contribution in [0.5, 0.6) is 5.88 Å². The Balaban J connectivity index is 1.64. The maximum Gasteiger partial charge on any atom is 0.350 e. The van der Waals surface area contributed by atoms with Crippen LogP contribution in [-0.4, -0.2) is 72.0 Å². The minimum Gasteiger partial charge on any atom is -0.475 e. The van der Waals surface area contributed by atoms with Gasteiger partial charge in [0.05, 0.1) is 31.8 Å². The Kier molecular flexibility index (Phi) is 6.94. The summed E-state index contributed by atoms with van der Waals surface area (Å²) in [7, 11) is 1.32. The van der Waals surface area contributed by atoms with Crippen LogP contribution in [0.1, 0.15) is 12.8 Å². The van der Waals surface area contributed by atoms with Gasteiger partial charge >= 0.3 is 11.6 Å². The predicted molar refractivity (Wildman–Crippen MR) is 84.9 cm³/mol. The Morgan fingerprint density at radius 2 is 2.21 bits per heavy atom. The van der Waals surface area contributed by atoms with E-state index in [-0.39, 0.29) is 30.4 Å². The Hall–Kier alpha value is -2.20. The van der Waals surface area contributed by atoms with Crippen LogP contribution in [0.3, 0.4) is 0 Å². The van der Waals surface area contributed by atoms with E-state index in [4.69, 9.17) is 9.47 Å². The molecule has 0 aromatic carbocycles. The molecule has 1 N–H and O–H groups in total. The Labute approximate surface area is 139 Å². The number of carbonyl (C=O) groups is 1. The van der Waals surface area contributed by atoms with Gasteiger partial charge in [-0.25, -0.2) is 0 Å². The van der Waals surface area contributed by atoms with Crippen LogP contribution in [-0.2, 0) is 16.1 Å². The minimum atomic E-state index is -0.561. The number of morpholine rings is 1. The number of nitro groups is 1. The van der Waals surface area contributed by atoms with Crippen molar-refractivity contribution in [2.45, 2.75) is 19.4 Å². The standard InChI is InChI=1S/C14H23N5O5/c1-23-14-12(19(21)22)11-18(16-14)6-3-13(20)15-4-2-5-17-7-9-24-10-8-17/h11H,2-10H2,1H3,(H,15,20). The number of aryl methyl sites for hydroxylation is 1. The summed E-state index contributed by atoms with van der Waals surface area (Å²) in [6, 6.07) is 0. The second-order valence-electron chi connectivity index (χ2n) is 5.45. The number of ether oxygens (including phenoxy) is 2. The van der Waals surface area contributed by atoms with Gasteiger partial charge < -0.3 is 14.8 Å². The van der Waals surface area contributed by atoms with Crippen LogP contribution in [0, 0.1) is 10.1 Å². The summed E-state index contributed by atoms with van der Waals surface area (Å²) in [5.41, 5.74) is -0.205.